The summed E-state index contributed by atoms with van der Waals surface area (Å²) in [5.41, 5.74) is 1.40. The van der Waals surface area contributed by atoms with E-state index in [-0.39, 0.29) is 18.4 Å². The fraction of sp³-hybridized carbons (Fsp3) is 0.267. The number of hydrogen-bond acceptors (Lipinski definition) is 5. The van der Waals surface area contributed by atoms with Crippen LogP contribution in [0.2, 0.25) is 5.02 Å². The zero-order valence-electron chi connectivity index (χ0n) is 13.1. The molecule has 0 aliphatic carbocycles. The Morgan fingerprint density at radius 3 is 2.92 bits per heavy atom. The molecule has 24 heavy (non-hydrogen) atoms. The zero-order chi connectivity index (χ0) is 17.3. The van der Waals surface area contributed by atoms with E-state index >= 15 is 0 Å². The van der Waals surface area contributed by atoms with E-state index < -0.39 is 5.56 Å². The lowest BCUT2D eigenvalue weighted by Gasteiger charge is -2.11. The van der Waals surface area contributed by atoms with Crippen LogP contribution in [-0.2, 0) is 11.3 Å². The maximum Gasteiger partial charge on any atom is 0.268 e. The van der Waals surface area contributed by atoms with Crippen LogP contribution in [0, 0.1) is 0 Å². The maximum atomic E-state index is 12.2. The Hall–Kier alpha value is -2.74. The summed E-state index contributed by atoms with van der Waals surface area (Å²) in [6.07, 6.45) is 3.22. The summed E-state index contributed by atoms with van der Waals surface area (Å²) in [4.78, 5) is 24.1. The van der Waals surface area contributed by atoms with Crippen molar-refractivity contribution in [3.05, 3.63) is 51.8 Å². The summed E-state index contributed by atoms with van der Waals surface area (Å²) in [6.45, 7) is 3.63. The van der Waals surface area contributed by atoms with Crippen LogP contribution in [0.25, 0.3) is 5.65 Å². The number of hydrogen-bond donors (Lipinski definition) is 1. The van der Waals surface area contributed by atoms with E-state index in [2.05, 4.69) is 20.6 Å². The van der Waals surface area contributed by atoms with Gasteiger partial charge in [0.1, 0.15) is 12.9 Å². The van der Waals surface area contributed by atoms with Gasteiger partial charge in [-0.3, -0.25) is 14.0 Å². The van der Waals surface area contributed by atoms with Crippen LogP contribution >= 0.6 is 11.6 Å². The number of carbonyl (C=O) groups excluding carboxylic acids is 1. The highest BCUT2D eigenvalue weighted by atomic mass is 35.5. The molecule has 0 radical (unpaired) electrons. The Labute approximate surface area is 142 Å². The molecule has 0 unspecified atom stereocenters. The molecule has 0 aromatic carbocycles. The van der Waals surface area contributed by atoms with E-state index in [9.17, 15) is 9.59 Å². The number of amides is 1. The molecule has 0 saturated heterocycles. The molecule has 8 nitrogen and oxygen atoms in total. The smallest absolute Gasteiger partial charge is 0.268 e. The molecule has 0 spiro atoms. The van der Waals surface area contributed by atoms with E-state index in [0.29, 0.717) is 22.1 Å². The highest BCUT2D eigenvalue weighted by molar-refractivity contribution is 6.31. The minimum atomic E-state index is -0.422. The Morgan fingerprint density at radius 2 is 2.17 bits per heavy atom. The number of anilines is 1. The highest BCUT2D eigenvalue weighted by Crippen LogP contribution is 2.19. The van der Waals surface area contributed by atoms with Crippen molar-refractivity contribution in [1.29, 1.82) is 0 Å². The summed E-state index contributed by atoms with van der Waals surface area (Å²) in [5, 5.41) is 14.9. The number of halogens is 1. The van der Waals surface area contributed by atoms with E-state index in [1.165, 1.54) is 12.4 Å². The molecule has 0 aliphatic heterocycles. The van der Waals surface area contributed by atoms with Crippen molar-refractivity contribution in [2.24, 2.45) is 0 Å². The topological polar surface area (TPSA) is 94.2 Å². The number of nitrogens with one attached hydrogen (secondary N) is 1. The Kier molecular flexibility index (Phi) is 4.30. The van der Waals surface area contributed by atoms with Gasteiger partial charge < -0.3 is 5.32 Å². The summed E-state index contributed by atoms with van der Waals surface area (Å²) < 4.78 is 2.78. The molecule has 3 aromatic heterocycles. The molecule has 3 heterocycles. The summed E-state index contributed by atoms with van der Waals surface area (Å²) in [6, 6.07) is 4.71. The van der Waals surface area contributed by atoms with Crippen molar-refractivity contribution >= 4 is 28.8 Å². The zero-order valence-corrected chi connectivity index (χ0v) is 13.9. The van der Waals surface area contributed by atoms with Crippen molar-refractivity contribution in [2.45, 2.75) is 26.3 Å². The van der Waals surface area contributed by atoms with Crippen LogP contribution in [0.15, 0.2) is 35.5 Å². The van der Waals surface area contributed by atoms with E-state index in [0.717, 1.165) is 4.68 Å². The Morgan fingerprint density at radius 1 is 1.38 bits per heavy atom. The first-order valence-electron chi connectivity index (χ1n) is 7.31. The number of carbonyl (C=O) groups is 1. The van der Waals surface area contributed by atoms with Crippen LogP contribution < -0.4 is 10.9 Å². The molecule has 0 atom stereocenters. The van der Waals surface area contributed by atoms with Crippen LogP contribution in [0.5, 0.6) is 0 Å². The minimum absolute atomic E-state index is 0.0450. The molecule has 3 rings (SSSR count). The average Bonchev–Trinajstić information content (AvgIpc) is 2.97. The molecular formula is C15H15ClN6O2. The second kappa shape index (κ2) is 6.40. The summed E-state index contributed by atoms with van der Waals surface area (Å²) in [5.74, 6) is -0.322. The number of pyridine rings is 1. The quantitative estimate of drug-likeness (QED) is 0.776. The first-order valence-corrected chi connectivity index (χ1v) is 7.68. The molecule has 0 fully saturated rings. The first kappa shape index (κ1) is 16.1. The minimum Gasteiger partial charge on any atom is -0.323 e. The van der Waals surface area contributed by atoms with Gasteiger partial charge in [0.15, 0.2) is 5.65 Å². The van der Waals surface area contributed by atoms with Gasteiger partial charge in [-0.2, -0.15) is 5.10 Å². The molecular weight excluding hydrogens is 332 g/mol. The van der Waals surface area contributed by atoms with Gasteiger partial charge in [0.2, 0.25) is 5.91 Å². The van der Waals surface area contributed by atoms with E-state index in [1.54, 1.807) is 22.7 Å². The lowest BCUT2D eigenvalue weighted by molar-refractivity contribution is -0.117. The summed E-state index contributed by atoms with van der Waals surface area (Å²) in [7, 11) is 0. The molecule has 0 aliphatic rings. The normalized spacial score (nSPS) is 11.2. The third-order valence-corrected chi connectivity index (χ3v) is 3.70. The molecule has 0 bridgehead atoms. The third kappa shape index (κ3) is 3.28. The predicted octanol–water partition coefficient (Wildman–Crippen LogP) is 1.70. The molecule has 3 aromatic rings. The maximum absolute atomic E-state index is 12.2. The van der Waals surface area contributed by atoms with E-state index in [4.69, 9.17) is 11.6 Å². The van der Waals surface area contributed by atoms with Crippen molar-refractivity contribution in [3.63, 3.8) is 0 Å². The van der Waals surface area contributed by atoms with Crippen LogP contribution in [0.1, 0.15) is 25.5 Å². The van der Waals surface area contributed by atoms with Gasteiger partial charge in [-0.25, -0.2) is 4.68 Å². The van der Waals surface area contributed by atoms with Gasteiger partial charge >= 0.3 is 0 Å². The standard InChI is InChI=1S/C15H15ClN6O2/c1-9(2)15-11(16)5-14(24)22(20-15)7-13(23)18-10-3-4-12-19-17-8-21(12)6-10/h3-6,8-9H,7H2,1-2H3,(H,18,23). The Balaban J connectivity index is 1.79. The molecule has 1 amide bonds. The van der Waals surface area contributed by atoms with Crippen molar-refractivity contribution in [1.82, 2.24) is 24.4 Å². The number of aromatic nitrogens is 5. The SMILES string of the molecule is CC(C)c1nn(CC(=O)Nc2ccc3nncn3c2)c(=O)cc1Cl. The van der Waals surface area contributed by atoms with Crippen molar-refractivity contribution in [2.75, 3.05) is 5.32 Å². The van der Waals surface area contributed by atoms with Gasteiger partial charge in [-0.05, 0) is 18.1 Å². The van der Waals surface area contributed by atoms with E-state index in [1.807, 2.05) is 13.8 Å². The van der Waals surface area contributed by atoms with Crippen LogP contribution in [0.3, 0.4) is 0 Å². The first-order chi connectivity index (χ1) is 11.4. The van der Waals surface area contributed by atoms with Crippen LogP contribution in [0.4, 0.5) is 5.69 Å². The van der Waals surface area contributed by atoms with Crippen molar-refractivity contribution < 1.29 is 4.79 Å². The van der Waals surface area contributed by atoms with Gasteiger partial charge in [0.05, 0.1) is 16.4 Å². The third-order valence-electron chi connectivity index (χ3n) is 3.39. The lowest BCUT2D eigenvalue weighted by Crippen LogP contribution is -2.30. The van der Waals surface area contributed by atoms with Gasteiger partial charge in [0.25, 0.3) is 5.56 Å². The average molecular weight is 347 g/mol. The van der Waals surface area contributed by atoms with Gasteiger partial charge in [0, 0.05) is 12.3 Å². The molecule has 9 heteroatoms. The highest BCUT2D eigenvalue weighted by Gasteiger charge is 2.13. The number of nitrogens with zero attached hydrogens (tertiary/aromatic N) is 5. The monoisotopic (exact) mass is 346 g/mol. The van der Waals surface area contributed by atoms with Gasteiger partial charge in [-0.1, -0.05) is 25.4 Å². The van der Waals surface area contributed by atoms with Gasteiger partial charge in [-0.15, -0.1) is 10.2 Å². The lowest BCUT2D eigenvalue weighted by atomic mass is 10.1. The van der Waals surface area contributed by atoms with Crippen molar-refractivity contribution in [3.8, 4) is 0 Å². The second-order valence-corrected chi connectivity index (χ2v) is 6.00. The fourth-order valence-corrected chi connectivity index (χ4v) is 2.58. The Bertz CT molecular complexity index is 962. The predicted molar refractivity (Wildman–Crippen MR) is 89.2 cm³/mol. The molecule has 0 saturated carbocycles. The number of rotatable bonds is 4. The number of fused-ring (bicyclic) bond motifs is 1. The van der Waals surface area contributed by atoms with Crippen LogP contribution in [-0.4, -0.2) is 30.3 Å². The summed E-state index contributed by atoms with van der Waals surface area (Å²) >= 11 is 6.02. The second-order valence-electron chi connectivity index (χ2n) is 5.59. The fourth-order valence-electron chi connectivity index (χ4n) is 2.23. The molecule has 1 N–H and O–H groups in total. The molecule has 124 valence electrons. The largest absolute Gasteiger partial charge is 0.323 e.